The zero-order valence-corrected chi connectivity index (χ0v) is 11.5. The van der Waals surface area contributed by atoms with Gasteiger partial charge in [0.1, 0.15) is 5.69 Å². The third-order valence-corrected chi connectivity index (χ3v) is 3.72. The van der Waals surface area contributed by atoms with Gasteiger partial charge in [-0.3, -0.25) is 10.1 Å². The fraction of sp³-hybridized carbons (Fsp3) is 0.417. The summed E-state index contributed by atoms with van der Waals surface area (Å²) in [6, 6.07) is 3.45. The van der Waals surface area contributed by atoms with Crippen LogP contribution in [0.15, 0.2) is 17.6 Å². The molecule has 0 aliphatic heterocycles. The van der Waals surface area contributed by atoms with Gasteiger partial charge in [0.15, 0.2) is 5.52 Å². The lowest BCUT2D eigenvalue weighted by Crippen LogP contribution is -2.25. The quantitative estimate of drug-likeness (QED) is 0.649. The number of hydrogen-bond donors (Lipinski definition) is 2. The maximum absolute atomic E-state index is 11.2. The number of nitro groups is 1. The van der Waals surface area contributed by atoms with Gasteiger partial charge < -0.3 is 10.4 Å². The molecule has 7 heteroatoms. The van der Waals surface area contributed by atoms with E-state index in [2.05, 4.69) is 10.3 Å². The molecule has 0 amide bonds. The predicted octanol–water partition coefficient (Wildman–Crippen LogP) is 2.63. The molecule has 0 aliphatic rings. The molecule has 6 nitrogen and oxygen atoms in total. The number of nitro benzene ring substituents is 1. The molecule has 1 heterocycles. The number of rotatable bonds is 5. The number of fused-ring (bicyclic) bond motifs is 1. The first kappa shape index (κ1) is 13.7. The number of aliphatic hydroxyl groups excluding tert-OH is 1. The summed E-state index contributed by atoms with van der Waals surface area (Å²) in [7, 11) is 0. The van der Waals surface area contributed by atoms with E-state index in [1.54, 1.807) is 17.6 Å². The second-order valence-electron chi connectivity index (χ2n) is 4.61. The van der Waals surface area contributed by atoms with Crippen LogP contribution < -0.4 is 5.32 Å². The van der Waals surface area contributed by atoms with Crippen LogP contribution in [-0.2, 0) is 0 Å². The van der Waals surface area contributed by atoms with Gasteiger partial charge in [0.05, 0.1) is 21.2 Å². The van der Waals surface area contributed by atoms with Crippen LogP contribution in [0.3, 0.4) is 0 Å². The van der Waals surface area contributed by atoms with Gasteiger partial charge in [0, 0.05) is 6.54 Å². The number of benzene rings is 1. The summed E-state index contributed by atoms with van der Waals surface area (Å²) in [5.74, 6) is 0.0922. The van der Waals surface area contributed by atoms with Gasteiger partial charge in [-0.25, -0.2) is 4.98 Å². The first-order chi connectivity index (χ1) is 9.00. The molecule has 102 valence electrons. The Morgan fingerprint density at radius 1 is 1.53 bits per heavy atom. The van der Waals surface area contributed by atoms with Crippen molar-refractivity contribution >= 4 is 32.9 Å². The van der Waals surface area contributed by atoms with Gasteiger partial charge >= 0.3 is 5.69 Å². The Kier molecular flexibility index (Phi) is 3.96. The molecule has 0 spiro atoms. The normalized spacial score (nSPS) is 12.8. The average molecular weight is 281 g/mol. The zero-order valence-electron chi connectivity index (χ0n) is 10.7. The summed E-state index contributed by atoms with van der Waals surface area (Å²) in [5.41, 5.74) is 2.33. The van der Waals surface area contributed by atoms with Crippen molar-refractivity contribution in [1.82, 2.24) is 4.98 Å². The highest BCUT2D eigenvalue weighted by molar-refractivity contribution is 7.16. The summed E-state index contributed by atoms with van der Waals surface area (Å²) in [6.45, 7) is 4.06. The van der Waals surface area contributed by atoms with Crippen molar-refractivity contribution in [2.75, 3.05) is 11.9 Å². The number of anilines is 1. The van der Waals surface area contributed by atoms with Crippen molar-refractivity contribution in [1.29, 1.82) is 0 Å². The Morgan fingerprint density at radius 3 is 2.89 bits per heavy atom. The van der Waals surface area contributed by atoms with Crippen LogP contribution in [0.1, 0.15) is 13.8 Å². The second-order valence-corrected chi connectivity index (χ2v) is 5.50. The Balaban J connectivity index is 2.32. The average Bonchev–Trinajstić information content (AvgIpc) is 2.82. The molecule has 1 atom stereocenters. The molecule has 2 rings (SSSR count). The number of nitrogens with zero attached hydrogens (tertiary/aromatic N) is 2. The van der Waals surface area contributed by atoms with Crippen molar-refractivity contribution in [3.63, 3.8) is 0 Å². The lowest BCUT2D eigenvalue weighted by atomic mass is 10.1. The Bertz CT molecular complexity index is 597. The topological polar surface area (TPSA) is 88.3 Å². The van der Waals surface area contributed by atoms with Crippen molar-refractivity contribution in [2.45, 2.75) is 20.0 Å². The lowest BCUT2D eigenvalue weighted by Gasteiger charge is -2.15. The number of aromatic nitrogens is 1. The van der Waals surface area contributed by atoms with Crippen molar-refractivity contribution in [3.05, 3.63) is 27.8 Å². The van der Waals surface area contributed by atoms with Crippen LogP contribution in [0, 0.1) is 16.0 Å². The lowest BCUT2D eigenvalue weighted by molar-refractivity contribution is -0.382. The first-order valence-corrected chi connectivity index (χ1v) is 6.81. The van der Waals surface area contributed by atoms with E-state index in [1.807, 2.05) is 13.8 Å². The molecule has 0 fully saturated rings. The largest absolute Gasteiger partial charge is 0.391 e. The minimum Gasteiger partial charge on any atom is -0.391 e. The van der Waals surface area contributed by atoms with Crippen LogP contribution >= 0.6 is 11.3 Å². The fourth-order valence-corrected chi connectivity index (χ4v) is 2.37. The standard InChI is InChI=1S/C12H15N3O3S/c1-7(2)9(16)5-13-8-3-4-10-11(14-6-19-10)12(8)15(17)18/h3-4,6-7,9,13,16H,5H2,1-2H3. The minimum absolute atomic E-state index is 0.0327. The molecule has 1 unspecified atom stereocenters. The zero-order chi connectivity index (χ0) is 14.0. The summed E-state index contributed by atoms with van der Waals surface area (Å²) < 4.78 is 0.779. The van der Waals surface area contributed by atoms with Gasteiger partial charge in [0.2, 0.25) is 0 Å². The van der Waals surface area contributed by atoms with Crippen LogP contribution in [-0.4, -0.2) is 27.7 Å². The Hall–Kier alpha value is -1.73. The first-order valence-electron chi connectivity index (χ1n) is 5.93. The van der Waals surface area contributed by atoms with Crippen molar-refractivity contribution in [2.24, 2.45) is 5.92 Å². The molecule has 1 aromatic heterocycles. The highest BCUT2D eigenvalue weighted by Gasteiger charge is 2.21. The van der Waals surface area contributed by atoms with E-state index in [-0.39, 0.29) is 18.2 Å². The molecule has 0 saturated carbocycles. The molecule has 0 saturated heterocycles. The second kappa shape index (κ2) is 5.50. The summed E-state index contributed by atoms with van der Waals surface area (Å²) in [6.07, 6.45) is -0.550. The van der Waals surface area contributed by atoms with Gasteiger partial charge in [-0.1, -0.05) is 13.8 Å². The third-order valence-electron chi connectivity index (χ3n) is 2.93. The van der Waals surface area contributed by atoms with Gasteiger partial charge in [-0.05, 0) is 18.1 Å². The molecule has 2 aromatic rings. The van der Waals surface area contributed by atoms with Gasteiger partial charge in [0.25, 0.3) is 0 Å². The van der Waals surface area contributed by atoms with Crippen LogP contribution in [0.4, 0.5) is 11.4 Å². The Labute approximate surface area is 114 Å². The monoisotopic (exact) mass is 281 g/mol. The van der Waals surface area contributed by atoms with Crippen molar-refractivity contribution in [3.8, 4) is 0 Å². The van der Waals surface area contributed by atoms with Crippen LogP contribution in [0.25, 0.3) is 10.2 Å². The SMILES string of the molecule is CC(C)C(O)CNc1ccc2scnc2c1[N+](=O)[O-]. The number of aliphatic hydroxyl groups is 1. The van der Waals surface area contributed by atoms with Crippen LogP contribution in [0.2, 0.25) is 0 Å². The molecule has 0 radical (unpaired) electrons. The molecule has 1 aromatic carbocycles. The summed E-state index contributed by atoms with van der Waals surface area (Å²) in [4.78, 5) is 14.8. The van der Waals surface area contributed by atoms with E-state index in [1.165, 1.54) is 11.3 Å². The van der Waals surface area contributed by atoms with E-state index in [9.17, 15) is 15.2 Å². The molecule has 0 aliphatic carbocycles. The number of hydrogen-bond acceptors (Lipinski definition) is 6. The summed E-state index contributed by atoms with van der Waals surface area (Å²) >= 11 is 1.36. The minimum atomic E-state index is -0.550. The highest BCUT2D eigenvalue weighted by Crippen LogP contribution is 2.34. The van der Waals surface area contributed by atoms with Gasteiger partial charge in [-0.15, -0.1) is 11.3 Å². The molecule has 0 bridgehead atoms. The highest BCUT2D eigenvalue weighted by atomic mass is 32.1. The van der Waals surface area contributed by atoms with Crippen LogP contribution in [0.5, 0.6) is 0 Å². The molecular formula is C12H15N3O3S. The fourth-order valence-electron chi connectivity index (χ4n) is 1.69. The third kappa shape index (κ3) is 2.82. The molecule has 2 N–H and O–H groups in total. The van der Waals surface area contributed by atoms with E-state index < -0.39 is 11.0 Å². The maximum atomic E-state index is 11.2. The number of thiazole rings is 1. The Morgan fingerprint density at radius 2 is 2.26 bits per heavy atom. The smallest absolute Gasteiger partial charge is 0.319 e. The summed E-state index contributed by atoms with van der Waals surface area (Å²) in [5, 5.41) is 23.9. The number of nitrogens with one attached hydrogen (secondary N) is 1. The van der Waals surface area contributed by atoms with Gasteiger partial charge in [-0.2, -0.15) is 0 Å². The van der Waals surface area contributed by atoms with Crippen molar-refractivity contribution < 1.29 is 10.0 Å². The van der Waals surface area contributed by atoms with E-state index in [4.69, 9.17) is 0 Å². The van der Waals surface area contributed by atoms with E-state index >= 15 is 0 Å². The molecule has 19 heavy (non-hydrogen) atoms. The van der Waals surface area contributed by atoms with E-state index in [0.29, 0.717) is 11.2 Å². The molecular weight excluding hydrogens is 266 g/mol. The predicted molar refractivity (Wildman–Crippen MR) is 75.6 cm³/mol. The van der Waals surface area contributed by atoms with E-state index in [0.717, 1.165) is 4.70 Å². The maximum Gasteiger partial charge on any atom is 0.319 e.